The molecule has 2 heterocycles. The number of ether oxygens (including phenoxy) is 2. The predicted octanol–water partition coefficient (Wildman–Crippen LogP) is 4.69. The number of carbonyl (C=O) groups excluding carboxylic acids is 2. The third-order valence-electron chi connectivity index (χ3n) is 7.11. The second-order valence-electron chi connectivity index (χ2n) is 10.8. The molecule has 2 aliphatic heterocycles. The number of Topliss-reactive ketones (excluding diaryl/α,β-unsaturated/α-hetero) is 1. The fourth-order valence-electron chi connectivity index (χ4n) is 4.93. The molecular formula is C31H38N2O5. The van der Waals surface area contributed by atoms with Crippen LogP contribution in [0.3, 0.4) is 0 Å². The molecule has 2 fully saturated rings. The molecule has 7 heteroatoms. The van der Waals surface area contributed by atoms with E-state index in [-0.39, 0.29) is 16.7 Å². The van der Waals surface area contributed by atoms with Crippen molar-refractivity contribution in [1.82, 2.24) is 9.80 Å². The zero-order chi connectivity index (χ0) is 27.3. The molecule has 4 rings (SSSR count). The van der Waals surface area contributed by atoms with Gasteiger partial charge in [-0.3, -0.25) is 14.5 Å². The number of likely N-dealkylation sites (tertiary alicyclic amines) is 1. The van der Waals surface area contributed by atoms with Crippen LogP contribution >= 0.6 is 0 Å². The lowest BCUT2D eigenvalue weighted by atomic mass is 9.85. The van der Waals surface area contributed by atoms with Gasteiger partial charge >= 0.3 is 0 Å². The van der Waals surface area contributed by atoms with Crippen molar-refractivity contribution in [3.05, 3.63) is 83.4 Å². The minimum absolute atomic E-state index is 0.0338. The first-order valence-corrected chi connectivity index (χ1v) is 13.2. The van der Waals surface area contributed by atoms with Gasteiger partial charge in [-0.05, 0) is 47.2 Å². The van der Waals surface area contributed by atoms with Crippen LogP contribution in [0, 0.1) is 0 Å². The minimum atomic E-state index is -0.662. The number of carbonyl (C=O) groups is 2. The lowest BCUT2D eigenvalue weighted by molar-refractivity contribution is -0.140. The first-order valence-electron chi connectivity index (χ1n) is 13.2. The monoisotopic (exact) mass is 518 g/mol. The number of benzene rings is 2. The highest BCUT2D eigenvalue weighted by molar-refractivity contribution is 6.46. The van der Waals surface area contributed by atoms with Crippen LogP contribution in [-0.2, 0) is 19.7 Å². The van der Waals surface area contributed by atoms with Crippen LogP contribution < -0.4 is 4.74 Å². The molecule has 1 atom stereocenters. The smallest absolute Gasteiger partial charge is 0.295 e. The quantitative estimate of drug-likeness (QED) is 0.225. The summed E-state index contributed by atoms with van der Waals surface area (Å²) in [4.78, 5) is 30.5. The molecule has 0 aliphatic carbocycles. The maximum Gasteiger partial charge on any atom is 0.295 e. The Morgan fingerprint density at radius 3 is 2.32 bits per heavy atom. The Labute approximate surface area is 225 Å². The summed E-state index contributed by atoms with van der Waals surface area (Å²) in [6, 6.07) is 14.2. The summed E-state index contributed by atoms with van der Waals surface area (Å²) in [5.41, 5.74) is 2.49. The van der Waals surface area contributed by atoms with Gasteiger partial charge in [0.15, 0.2) is 0 Å². The van der Waals surface area contributed by atoms with Crippen LogP contribution in [0.15, 0.2) is 66.8 Å². The molecule has 2 aliphatic rings. The van der Waals surface area contributed by atoms with Crippen molar-refractivity contribution >= 4 is 17.4 Å². The van der Waals surface area contributed by atoms with E-state index in [1.165, 1.54) is 0 Å². The molecule has 0 radical (unpaired) electrons. The highest BCUT2D eigenvalue weighted by Gasteiger charge is 2.45. The predicted molar refractivity (Wildman–Crippen MR) is 148 cm³/mol. The van der Waals surface area contributed by atoms with E-state index in [1.54, 1.807) is 35.2 Å². The number of morpholine rings is 1. The average molecular weight is 519 g/mol. The summed E-state index contributed by atoms with van der Waals surface area (Å²) < 4.78 is 11.0. The number of hydrogen-bond donors (Lipinski definition) is 1. The number of amides is 1. The van der Waals surface area contributed by atoms with Crippen molar-refractivity contribution in [2.75, 3.05) is 46.0 Å². The maximum absolute atomic E-state index is 13.3. The third kappa shape index (κ3) is 6.17. The van der Waals surface area contributed by atoms with Crippen LogP contribution in [0.1, 0.15) is 49.9 Å². The van der Waals surface area contributed by atoms with Crippen molar-refractivity contribution in [3.63, 3.8) is 0 Å². The van der Waals surface area contributed by atoms with Crippen molar-refractivity contribution in [3.8, 4) is 5.75 Å². The fraction of sp³-hybridized carbons (Fsp3) is 0.419. The fourth-order valence-corrected chi connectivity index (χ4v) is 4.93. The van der Waals surface area contributed by atoms with Gasteiger partial charge in [-0.1, -0.05) is 57.7 Å². The van der Waals surface area contributed by atoms with Gasteiger partial charge in [0.25, 0.3) is 11.7 Å². The molecule has 0 spiro atoms. The molecule has 2 aromatic carbocycles. The van der Waals surface area contributed by atoms with Gasteiger partial charge < -0.3 is 19.5 Å². The summed E-state index contributed by atoms with van der Waals surface area (Å²) in [6.07, 6.45) is 2.37. The summed E-state index contributed by atoms with van der Waals surface area (Å²) in [5, 5.41) is 11.3. The molecule has 0 saturated carbocycles. The van der Waals surface area contributed by atoms with Crippen molar-refractivity contribution in [2.45, 2.75) is 38.6 Å². The summed E-state index contributed by atoms with van der Waals surface area (Å²) in [7, 11) is 0. The SMILES string of the molecule is C=CCOc1ccc(/C(O)=C2\C(=O)C(=O)N(CCCN3CCOCC3)[C@H]2c2ccc(C(C)(C)C)cc2)cc1. The van der Waals surface area contributed by atoms with Gasteiger partial charge in [0.1, 0.15) is 18.1 Å². The van der Waals surface area contributed by atoms with Crippen LogP contribution in [0.5, 0.6) is 5.75 Å². The van der Waals surface area contributed by atoms with Crippen molar-refractivity contribution in [1.29, 1.82) is 0 Å². The zero-order valence-corrected chi connectivity index (χ0v) is 22.6. The van der Waals surface area contributed by atoms with E-state index in [9.17, 15) is 14.7 Å². The lowest BCUT2D eigenvalue weighted by Gasteiger charge is -2.29. The van der Waals surface area contributed by atoms with Gasteiger partial charge in [-0.2, -0.15) is 0 Å². The van der Waals surface area contributed by atoms with Crippen LogP contribution in [0.4, 0.5) is 0 Å². The molecule has 202 valence electrons. The Balaban J connectivity index is 1.67. The molecule has 0 aromatic heterocycles. The first kappa shape index (κ1) is 27.6. The van der Waals surface area contributed by atoms with E-state index < -0.39 is 17.7 Å². The number of ketones is 1. The lowest BCUT2D eigenvalue weighted by Crippen LogP contribution is -2.39. The van der Waals surface area contributed by atoms with E-state index in [4.69, 9.17) is 9.47 Å². The highest BCUT2D eigenvalue weighted by Crippen LogP contribution is 2.40. The summed E-state index contributed by atoms with van der Waals surface area (Å²) >= 11 is 0. The molecule has 7 nitrogen and oxygen atoms in total. The van der Waals surface area contributed by atoms with E-state index in [2.05, 4.69) is 32.3 Å². The second-order valence-corrected chi connectivity index (χ2v) is 10.8. The maximum atomic E-state index is 13.3. The van der Waals surface area contributed by atoms with E-state index in [0.29, 0.717) is 37.7 Å². The van der Waals surface area contributed by atoms with Gasteiger partial charge in [-0.25, -0.2) is 0 Å². The highest BCUT2D eigenvalue weighted by atomic mass is 16.5. The molecule has 0 bridgehead atoms. The number of rotatable bonds is 9. The third-order valence-corrected chi connectivity index (χ3v) is 7.11. The van der Waals surface area contributed by atoms with Crippen LogP contribution in [0.25, 0.3) is 5.76 Å². The molecule has 38 heavy (non-hydrogen) atoms. The van der Waals surface area contributed by atoms with E-state index >= 15 is 0 Å². The standard InChI is InChI=1S/C31H38N2O5/c1-5-19-38-25-13-9-23(10-14-25)28(34)26-27(22-7-11-24(12-8-22)31(2,3)4)33(30(36)29(26)35)16-6-15-32-17-20-37-21-18-32/h5,7-14,27,34H,1,6,15-21H2,2-4H3/b28-26+/t27-/m0/s1. The number of nitrogens with zero attached hydrogens (tertiary/aromatic N) is 2. The second kappa shape index (κ2) is 12.0. The molecule has 2 saturated heterocycles. The van der Waals surface area contributed by atoms with Gasteiger partial charge in [-0.15, -0.1) is 0 Å². The van der Waals surface area contributed by atoms with Crippen molar-refractivity contribution < 1.29 is 24.2 Å². The van der Waals surface area contributed by atoms with Gasteiger partial charge in [0.2, 0.25) is 0 Å². The van der Waals surface area contributed by atoms with Gasteiger partial charge in [0, 0.05) is 31.7 Å². The average Bonchev–Trinajstić information content (AvgIpc) is 3.17. The topological polar surface area (TPSA) is 79.3 Å². The first-order chi connectivity index (χ1) is 18.2. The Kier molecular flexibility index (Phi) is 8.69. The van der Waals surface area contributed by atoms with Crippen LogP contribution in [0.2, 0.25) is 0 Å². The Morgan fingerprint density at radius 2 is 1.71 bits per heavy atom. The summed E-state index contributed by atoms with van der Waals surface area (Å²) in [5.74, 6) is -0.798. The summed E-state index contributed by atoms with van der Waals surface area (Å²) in [6.45, 7) is 14.8. The molecule has 1 N–H and O–H groups in total. The molecule has 0 unspecified atom stereocenters. The Morgan fingerprint density at radius 1 is 1.05 bits per heavy atom. The van der Waals surface area contributed by atoms with Gasteiger partial charge in [0.05, 0.1) is 24.8 Å². The number of aliphatic hydroxyl groups excluding tert-OH is 1. The Bertz CT molecular complexity index is 1170. The van der Waals surface area contributed by atoms with E-state index in [0.717, 1.165) is 37.2 Å². The zero-order valence-electron chi connectivity index (χ0n) is 22.6. The van der Waals surface area contributed by atoms with Crippen LogP contribution in [-0.4, -0.2) is 72.6 Å². The normalized spacial score (nSPS) is 20.1. The van der Waals surface area contributed by atoms with Crippen molar-refractivity contribution in [2.24, 2.45) is 0 Å². The van der Waals surface area contributed by atoms with E-state index in [1.807, 2.05) is 24.3 Å². The largest absolute Gasteiger partial charge is 0.507 e. The minimum Gasteiger partial charge on any atom is -0.507 e. The number of hydrogen-bond acceptors (Lipinski definition) is 6. The number of aliphatic hydroxyl groups is 1. The molecule has 1 amide bonds. The molecule has 2 aromatic rings. The Hall–Kier alpha value is -3.42. The molecular weight excluding hydrogens is 480 g/mol.